The smallest absolute Gasteiger partial charge is 0.262 e. The second-order valence-corrected chi connectivity index (χ2v) is 7.52. The Hall–Kier alpha value is -0.990. The first-order valence-corrected chi connectivity index (χ1v) is 8.57. The first-order chi connectivity index (χ1) is 9.29. The van der Waals surface area contributed by atoms with Crippen LogP contribution in [-0.2, 0) is 10.0 Å². The van der Waals surface area contributed by atoms with Gasteiger partial charge in [-0.25, -0.2) is 8.42 Å². The van der Waals surface area contributed by atoms with Crippen LogP contribution in [0.2, 0.25) is 5.02 Å². The summed E-state index contributed by atoms with van der Waals surface area (Å²) in [6, 6.07) is 9.77. The lowest BCUT2D eigenvalue weighted by molar-refractivity contribution is 0.601. The second kappa shape index (κ2) is 5.79. The normalized spacial score (nSPS) is 11.3. The van der Waals surface area contributed by atoms with Crippen LogP contribution in [0, 0.1) is 10.5 Å². The summed E-state index contributed by atoms with van der Waals surface area (Å²) in [4.78, 5) is 0.0803. The Morgan fingerprint density at radius 2 is 1.90 bits per heavy atom. The maximum Gasteiger partial charge on any atom is 0.262 e. The topological polar surface area (TPSA) is 72.2 Å². The molecule has 0 heterocycles. The summed E-state index contributed by atoms with van der Waals surface area (Å²) in [7, 11) is -3.69. The Bertz CT molecular complexity index is 763. The summed E-state index contributed by atoms with van der Waals surface area (Å²) in [6.07, 6.45) is 0. The molecule has 0 atom stereocenters. The molecule has 0 radical (unpaired) electrons. The molecule has 2 rings (SSSR count). The van der Waals surface area contributed by atoms with Gasteiger partial charge in [-0.2, -0.15) is 0 Å². The van der Waals surface area contributed by atoms with Gasteiger partial charge in [-0.05, 0) is 65.4 Å². The van der Waals surface area contributed by atoms with Crippen LogP contribution >= 0.6 is 34.2 Å². The van der Waals surface area contributed by atoms with Crippen LogP contribution in [0.15, 0.2) is 41.3 Å². The van der Waals surface area contributed by atoms with E-state index < -0.39 is 10.0 Å². The van der Waals surface area contributed by atoms with Crippen LogP contribution in [0.3, 0.4) is 0 Å². The summed E-state index contributed by atoms with van der Waals surface area (Å²) in [5, 5.41) is 0.328. The van der Waals surface area contributed by atoms with Crippen molar-refractivity contribution in [3.63, 3.8) is 0 Å². The molecule has 0 aromatic heterocycles. The highest BCUT2D eigenvalue weighted by molar-refractivity contribution is 14.1. The first kappa shape index (κ1) is 15.4. The van der Waals surface area contributed by atoms with Crippen molar-refractivity contribution < 1.29 is 8.42 Å². The molecule has 0 aliphatic carbocycles. The largest absolute Gasteiger partial charge is 0.397 e. The Kier molecular flexibility index (Phi) is 4.46. The summed E-state index contributed by atoms with van der Waals surface area (Å²) >= 11 is 7.87. The molecule has 7 heteroatoms. The standard InChI is InChI=1S/C13H12ClIN2O2S/c1-8-2-5-11(15)13(6-8)17-20(18,19)9-3-4-10(14)12(16)7-9/h2-7,17H,16H2,1H3. The predicted molar refractivity (Wildman–Crippen MR) is 90.6 cm³/mol. The van der Waals surface area contributed by atoms with Crippen molar-refractivity contribution in [2.24, 2.45) is 0 Å². The van der Waals surface area contributed by atoms with Gasteiger partial charge >= 0.3 is 0 Å². The first-order valence-electron chi connectivity index (χ1n) is 5.63. The summed E-state index contributed by atoms with van der Waals surface area (Å²) in [5.74, 6) is 0. The molecule has 0 unspecified atom stereocenters. The Morgan fingerprint density at radius 3 is 2.55 bits per heavy atom. The minimum absolute atomic E-state index is 0.0803. The number of aryl methyl sites for hydroxylation is 1. The zero-order valence-electron chi connectivity index (χ0n) is 10.5. The van der Waals surface area contributed by atoms with Gasteiger partial charge in [0.2, 0.25) is 0 Å². The molecule has 0 fully saturated rings. The molecule has 3 N–H and O–H groups in total. The number of halogens is 2. The van der Waals surface area contributed by atoms with E-state index in [2.05, 4.69) is 27.3 Å². The molecule has 0 amide bonds. The van der Waals surface area contributed by atoms with Gasteiger partial charge in [-0.3, -0.25) is 4.72 Å². The maximum atomic E-state index is 12.3. The molecule has 0 aliphatic heterocycles. The number of hydrogen-bond acceptors (Lipinski definition) is 3. The molecule has 106 valence electrons. The summed E-state index contributed by atoms with van der Waals surface area (Å²) in [5.41, 5.74) is 7.38. The molecule has 2 aromatic carbocycles. The van der Waals surface area contributed by atoms with E-state index in [-0.39, 0.29) is 10.6 Å². The van der Waals surface area contributed by atoms with E-state index >= 15 is 0 Å². The van der Waals surface area contributed by atoms with Crippen molar-refractivity contribution in [1.82, 2.24) is 0 Å². The fourth-order valence-electron chi connectivity index (χ4n) is 1.61. The number of hydrogen-bond donors (Lipinski definition) is 2. The second-order valence-electron chi connectivity index (χ2n) is 4.27. The van der Waals surface area contributed by atoms with Crippen LogP contribution in [-0.4, -0.2) is 8.42 Å². The molecule has 0 aliphatic rings. The molecule has 4 nitrogen and oxygen atoms in total. The van der Waals surface area contributed by atoms with Crippen LogP contribution in [0.25, 0.3) is 0 Å². The monoisotopic (exact) mass is 422 g/mol. The number of nitrogen functional groups attached to an aromatic ring is 1. The van der Waals surface area contributed by atoms with E-state index in [1.807, 2.05) is 19.1 Å². The quantitative estimate of drug-likeness (QED) is 0.586. The van der Waals surface area contributed by atoms with Crippen molar-refractivity contribution in [1.29, 1.82) is 0 Å². The van der Waals surface area contributed by atoms with E-state index in [4.69, 9.17) is 17.3 Å². The Balaban J connectivity index is 2.40. The third-order valence-electron chi connectivity index (χ3n) is 2.64. The van der Waals surface area contributed by atoms with E-state index in [1.165, 1.54) is 18.2 Å². The van der Waals surface area contributed by atoms with Gasteiger partial charge in [0.15, 0.2) is 0 Å². The minimum atomic E-state index is -3.69. The van der Waals surface area contributed by atoms with Crippen molar-refractivity contribution in [2.75, 3.05) is 10.5 Å². The SMILES string of the molecule is Cc1ccc(I)c(NS(=O)(=O)c2ccc(Cl)c(N)c2)c1. The molecular formula is C13H12ClIN2O2S. The highest BCUT2D eigenvalue weighted by atomic mass is 127. The minimum Gasteiger partial charge on any atom is -0.397 e. The van der Waals surface area contributed by atoms with E-state index in [9.17, 15) is 8.42 Å². The van der Waals surface area contributed by atoms with Crippen molar-refractivity contribution >= 4 is 55.6 Å². The van der Waals surface area contributed by atoms with E-state index in [1.54, 1.807) is 6.07 Å². The number of rotatable bonds is 3. The highest BCUT2D eigenvalue weighted by Crippen LogP contribution is 2.26. The zero-order chi connectivity index (χ0) is 14.9. The number of anilines is 2. The molecule has 0 saturated carbocycles. The molecule has 0 saturated heterocycles. The van der Waals surface area contributed by atoms with Gasteiger partial charge in [0.25, 0.3) is 10.0 Å². The lowest BCUT2D eigenvalue weighted by Gasteiger charge is -2.11. The number of nitrogens with one attached hydrogen (secondary N) is 1. The molecule has 2 aromatic rings. The Labute approximate surface area is 136 Å². The van der Waals surface area contributed by atoms with Gasteiger partial charge in [-0.15, -0.1) is 0 Å². The van der Waals surface area contributed by atoms with E-state index in [0.717, 1.165) is 9.13 Å². The van der Waals surface area contributed by atoms with Crippen molar-refractivity contribution in [2.45, 2.75) is 11.8 Å². The fourth-order valence-corrected chi connectivity index (χ4v) is 3.49. The van der Waals surface area contributed by atoms with Gasteiger partial charge in [-0.1, -0.05) is 17.7 Å². The van der Waals surface area contributed by atoms with Crippen LogP contribution in [0.4, 0.5) is 11.4 Å². The van der Waals surface area contributed by atoms with Crippen molar-refractivity contribution in [3.05, 3.63) is 50.6 Å². The third-order valence-corrected chi connectivity index (χ3v) is 5.29. The number of sulfonamides is 1. The molecule has 0 spiro atoms. The number of benzene rings is 2. The molecular weight excluding hydrogens is 411 g/mol. The maximum absolute atomic E-state index is 12.3. The third kappa shape index (κ3) is 3.36. The lowest BCUT2D eigenvalue weighted by Crippen LogP contribution is -2.14. The fraction of sp³-hybridized carbons (Fsp3) is 0.0769. The summed E-state index contributed by atoms with van der Waals surface area (Å²) in [6.45, 7) is 1.90. The highest BCUT2D eigenvalue weighted by Gasteiger charge is 2.16. The zero-order valence-corrected chi connectivity index (χ0v) is 14.3. The van der Waals surface area contributed by atoms with Crippen LogP contribution in [0.1, 0.15) is 5.56 Å². The lowest BCUT2D eigenvalue weighted by atomic mass is 10.2. The molecule has 0 bridgehead atoms. The molecule has 20 heavy (non-hydrogen) atoms. The van der Waals surface area contributed by atoms with Gasteiger partial charge < -0.3 is 5.73 Å². The van der Waals surface area contributed by atoms with Gasteiger partial charge in [0, 0.05) is 3.57 Å². The van der Waals surface area contributed by atoms with Crippen LogP contribution in [0.5, 0.6) is 0 Å². The predicted octanol–water partition coefficient (Wildman–Crippen LogP) is 3.64. The average Bonchev–Trinajstić information content (AvgIpc) is 2.36. The van der Waals surface area contributed by atoms with E-state index in [0.29, 0.717) is 10.7 Å². The average molecular weight is 423 g/mol. The Morgan fingerprint density at radius 1 is 1.20 bits per heavy atom. The van der Waals surface area contributed by atoms with Gasteiger partial charge in [0.1, 0.15) is 0 Å². The number of nitrogens with two attached hydrogens (primary N) is 1. The van der Waals surface area contributed by atoms with Crippen LogP contribution < -0.4 is 10.5 Å². The van der Waals surface area contributed by atoms with Crippen molar-refractivity contribution in [3.8, 4) is 0 Å². The summed E-state index contributed by atoms with van der Waals surface area (Å²) < 4.78 is 28.0. The van der Waals surface area contributed by atoms with Gasteiger partial charge in [0.05, 0.1) is 21.3 Å².